The van der Waals surface area contributed by atoms with E-state index in [9.17, 15) is 23.1 Å². The van der Waals surface area contributed by atoms with Crippen LogP contribution in [0.5, 0.6) is 5.75 Å². The van der Waals surface area contributed by atoms with Crippen LogP contribution in [-0.2, 0) is 11.0 Å². The zero-order valence-corrected chi connectivity index (χ0v) is 18.5. The second-order valence-corrected chi connectivity index (χ2v) is 8.77. The van der Waals surface area contributed by atoms with Crippen molar-refractivity contribution >= 4 is 40.7 Å². The summed E-state index contributed by atoms with van der Waals surface area (Å²) in [6.07, 6.45) is 0.150. The fraction of sp³-hybridized carbons (Fsp3) is 0.292. The highest BCUT2D eigenvalue weighted by Gasteiger charge is 2.59. The minimum Gasteiger partial charge on any atom is -0.483 e. The van der Waals surface area contributed by atoms with Gasteiger partial charge in [-0.05, 0) is 74.0 Å². The minimum atomic E-state index is -4.75. The molecule has 1 saturated carbocycles. The van der Waals surface area contributed by atoms with Crippen LogP contribution < -0.4 is 14.5 Å². The molecule has 34 heavy (non-hydrogen) atoms. The molecule has 1 amide bonds. The Balaban J connectivity index is 1.57. The summed E-state index contributed by atoms with van der Waals surface area (Å²) >= 11 is 5.64. The van der Waals surface area contributed by atoms with Crippen LogP contribution in [-0.4, -0.2) is 34.4 Å². The van der Waals surface area contributed by atoms with Crippen LogP contribution in [0.4, 0.5) is 24.5 Å². The Hall–Kier alpha value is -3.42. The molecule has 1 saturated heterocycles. The van der Waals surface area contributed by atoms with Gasteiger partial charge in [-0.15, -0.1) is 0 Å². The molecule has 6 nitrogen and oxygen atoms in total. The van der Waals surface area contributed by atoms with E-state index in [0.717, 1.165) is 29.0 Å². The van der Waals surface area contributed by atoms with Crippen LogP contribution >= 0.6 is 12.2 Å². The molecule has 0 bridgehead atoms. The number of nitrogens with zero attached hydrogens (tertiary/aromatic N) is 3. The molecule has 1 spiro atoms. The van der Waals surface area contributed by atoms with Gasteiger partial charge >= 0.3 is 6.18 Å². The molecule has 174 valence electrons. The van der Waals surface area contributed by atoms with Gasteiger partial charge in [0, 0.05) is 11.3 Å². The van der Waals surface area contributed by atoms with Gasteiger partial charge in [0.05, 0.1) is 29.5 Å². The van der Waals surface area contributed by atoms with Gasteiger partial charge in [0.2, 0.25) is 0 Å². The third-order valence-corrected chi connectivity index (χ3v) is 6.85. The fourth-order valence-corrected chi connectivity index (χ4v) is 5.10. The summed E-state index contributed by atoms with van der Waals surface area (Å²) in [4.78, 5) is 16.4. The van der Waals surface area contributed by atoms with Gasteiger partial charge in [-0.25, -0.2) is 0 Å². The third-order valence-electron chi connectivity index (χ3n) is 6.48. The molecule has 1 aliphatic carbocycles. The Kier molecular flexibility index (Phi) is 5.15. The smallest absolute Gasteiger partial charge is 0.417 e. The van der Waals surface area contributed by atoms with E-state index in [1.807, 2.05) is 12.1 Å². The first kappa shape index (κ1) is 22.4. The Bertz CT molecular complexity index is 1280. The van der Waals surface area contributed by atoms with Gasteiger partial charge in [-0.2, -0.15) is 18.4 Å². The lowest BCUT2D eigenvalue weighted by atomic mass is 9.75. The lowest BCUT2D eigenvalue weighted by molar-refractivity contribution is -0.137. The second kappa shape index (κ2) is 7.82. The first-order valence-corrected chi connectivity index (χ1v) is 11.0. The van der Waals surface area contributed by atoms with Crippen molar-refractivity contribution in [3.05, 3.63) is 59.2 Å². The molecule has 0 unspecified atom stereocenters. The van der Waals surface area contributed by atoms with Crippen molar-refractivity contribution in [1.29, 1.82) is 5.26 Å². The molecule has 0 radical (unpaired) electrons. The Labute approximate surface area is 198 Å². The number of hydrogen-bond donors (Lipinski definition) is 1. The summed E-state index contributed by atoms with van der Waals surface area (Å²) in [5.41, 5.74) is -1.26. The first-order valence-electron chi connectivity index (χ1n) is 10.6. The van der Waals surface area contributed by atoms with E-state index in [1.54, 1.807) is 29.2 Å². The van der Waals surface area contributed by atoms with E-state index < -0.39 is 28.9 Å². The van der Waals surface area contributed by atoms with Crippen molar-refractivity contribution in [2.24, 2.45) is 0 Å². The summed E-state index contributed by atoms with van der Waals surface area (Å²) < 4.78 is 46.3. The maximum Gasteiger partial charge on any atom is 0.417 e. The van der Waals surface area contributed by atoms with E-state index in [1.165, 1.54) is 6.07 Å². The van der Waals surface area contributed by atoms with Crippen LogP contribution in [0.25, 0.3) is 6.08 Å². The molecular weight excluding hydrogens is 467 g/mol. The van der Waals surface area contributed by atoms with Crippen molar-refractivity contribution in [1.82, 2.24) is 0 Å². The maximum absolute atomic E-state index is 13.6. The van der Waals surface area contributed by atoms with Gasteiger partial charge in [0.15, 0.2) is 5.11 Å². The quantitative estimate of drug-likeness (QED) is 0.650. The largest absolute Gasteiger partial charge is 0.483 e. The average Bonchev–Trinajstić information content (AvgIpc) is 3.04. The normalized spacial score (nSPS) is 20.7. The van der Waals surface area contributed by atoms with E-state index >= 15 is 0 Å². The lowest BCUT2D eigenvalue weighted by Crippen LogP contribution is -2.55. The monoisotopic (exact) mass is 485 g/mol. The summed E-state index contributed by atoms with van der Waals surface area (Å²) in [5.74, 6) is 0.189. The molecule has 2 heterocycles. The summed E-state index contributed by atoms with van der Waals surface area (Å²) in [7, 11) is 0. The number of carbonyl (C=O) groups excluding carboxylic acids is 1. The number of hydrogen-bond acceptors (Lipinski definition) is 5. The molecule has 5 rings (SSSR count). The number of rotatable bonds is 3. The molecule has 2 aromatic rings. The van der Waals surface area contributed by atoms with Crippen LogP contribution in [0.1, 0.15) is 36.0 Å². The number of halogens is 3. The Morgan fingerprint density at radius 1 is 1.21 bits per heavy atom. The topological polar surface area (TPSA) is 76.8 Å². The molecule has 10 heteroatoms. The second-order valence-electron chi connectivity index (χ2n) is 8.40. The minimum absolute atomic E-state index is 0.0259. The van der Waals surface area contributed by atoms with Crippen molar-refractivity contribution < 1.29 is 27.8 Å². The van der Waals surface area contributed by atoms with E-state index in [2.05, 4.69) is 0 Å². The van der Waals surface area contributed by atoms with Gasteiger partial charge < -0.3 is 14.7 Å². The van der Waals surface area contributed by atoms with Crippen molar-refractivity contribution in [3.8, 4) is 11.8 Å². The molecule has 1 atom stereocenters. The number of ether oxygens (including phenoxy) is 1. The molecular formula is C24H18F3N3O3S. The molecule has 3 aliphatic rings. The highest BCUT2D eigenvalue weighted by atomic mass is 32.1. The predicted octanol–water partition coefficient (Wildman–Crippen LogP) is 4.40. The number of aliphatic hydroxyl groups is 1. The number of amides is 1. The highest BCUT2D eigenvalue weighted by Crippen LogP contribution is 2.49. The predicted molar refractivity (Wildman–Crippen MR) is 122 cm³/mol. The summed E-state index contributed by atoms with van der Waals surface area (Å²) in [6.45, 7) is -0.162. The number of thiocarbonyl (C=S) groups is 1. The van der Waals surface area contributed by atoms with Crippen LogP contribution in [0.15, 0.2) is 42.5 Å². The molecule has 1 N–H and O–H groups in total. The zero-order chi connectivity index (χ0) is 24.3. The molecule has 0 aromatic heterocycles. The van der Waals surface area contributed by atoms with Crippen molar-refractivity contribution in [2.75, 3.05) is 16.4 Å². The lowest BCUT2D eigenvalue weighted by Gasteiger charge is -2.43. The molecule has 2 aliphatic heterocycles. The summed E-state index contributed by atoms with van der Waals surface area (Å²) in [6, 6.07) is 10.0. The van der Waals surface area contributed by atoms with Gasteiger partial charge in [0.1, 0.15) is 17.4 Å². The number of aliphatic hydroxyl groups excluding tert-OH is 1. The van der Waals surface area contributed by atoms with Crippen molar-refractivity contribution in [2.45, 2.75) is 37.1 Å². The van der Waals surface area contributed by atoms with Crippen LogP contribution in [0.3, 0.4) is 0 Å². The first-order chi connectivity index (χ1) is 16.2. The number of benzene rings is 2. The van der Waals surface area contributed by atoms with Crippen molar-refractivity contribution in [3.63, 3.8) is 0 Å². The maximum atomic E-state index is 13.6. The SMILES string of the molecule is N#Cc1ccc(N2C(=O)C3(CCC3)N(c3ccc4c(c3)C=C[C@@H](CO)O4)C2=S)cc1C(F)(F)F. The van der Waals surface area contributed by atoms with Gasteiger partial charge in [-0.1, -0.05) is 6.08 Å². The number of nitriles is 1. The Morgan fingerprint density at radius 2 is 1.94 bits per heavy atom. The van der Waals surface area contributed by atoms with Gasteiger partial charge in [0.25, 0.3) is 5.91 Å². The van der Waals surface area contributed by atoms with E-state index in [-0.39, 0.29) is 23.3 Å². The third kappa shape index (κ3) is 3.27. The summed E-state index contributed by atoms with van der Waals surface area (Å²) in [5, 5.41) is 18.5. The number of carbonyl (C=O) groups is 1. The number of alkyl halides is 3. The number of anilines is 2. The van der Waals surface area contributed by atoms with E-state index in [0.29, 0.717) is 24.3 Å². The van der Waals surface area contributed by atoms with Crippen LogP contribution in [0.2, 0.25) is 0 Å². The standard InChI is InChI=1S/C24H18F3N3O3S/c25-24(26,27)19-11-16(4-2-15(19)12-28)29-21(32)23(8-1-9-23)30(22(29)34)17-5-7-20-14(10-17)3-6-18(13-31)33-20/h2-7,10-11,18,31H,1,8-9,13H2/t18-/m0/s1. The average molecular weight is 485 g/mol. The molecule has 2 aromatic carbocycles. The van der Waals surface area contributed by atoms with Gasteiger partial charge in [-0.3, -0.25) is 9.69 Å². The van der Waals surface area contributed by atoms with E-state index in [4.69, 9.17) is 22.2 Å². The fourth-order valence-electron chi connectivity index (χ4n) is 4.64. The van der Waals surface area contributed by atoms with Crippen LogP contribution in [0, 0.1) is 11.3 Å². The Morgan fingerprint density at radius 3 is 2.56 bits per heavy atom. The molecule has 2 fully saturated rings. The highest BCUT2D eigenvalue weighted by molar-refractivity contribution is 7.81. The zero-order valence-electron chi connectivity index (χ0n) is 17.7. The number of fused-ring (bicyclic) bond motifs is 1.